The van der Waals surface area contributed by atoms with Crippen LogP contribution in [0.5, 0.6) is 0 Å². The number of benzene rings is 2. The van der Waals surface area contributed by atoms with Crippen LogP contribution in [0.4, 0.5) is 10.8 Å². The lowest BCUT2D eigenvalue weighted by atomic mass is 10.2. The molecule has 0 aliphatic heterocycles. The molecule has 14 heteroatoms. The SMILES string of the molecule is O=C(CSc1nnc(NC(=O)CCc2nc(-c3ccc(Cl)cc3)no2)s1)Nc1ccc(Cl)c(Cl)c1. The Morgan fingerprint density at radius 3 is 2.54 bits per heavy atom. The second kappa shape index (κ2) is 11.8. The summed E-state index contributed by atoms with van der Waals surface area (Å²) in [5, 5.41) is 18.9. The molecule has 180 valence electrons. The van der Waals surface area contributed by atoms with E-state index in [2.05, 4.69) is 31.0 Å². The van der Waals surface area contributed by atoms with Gasteiger partial charge in [-0.05, 0) is 42.5 Å². The van der Waals surface area contributed by atoms with Gasteiger partial charge in [-0.1, -0.05) is 63.1 Å². The van der Waals surface area contributed by atoms with E-state index in [4.69, 9.17) is 39.3 Å². The molecule has 2 N–H and O–H groups in total. The van der Waals surface area contributed by atoms with Crippen molar-refractivity contribution in [2.75, 3.05) is 16.4 Å². The van der Waals surface area contributed by atoms with Crippen molar-refractivity contribution in [2.24, 2.45) is 0 Å². The average Bonchev–Trinajstić information content (AvgIpc) is 3.49. The van der Waals surface area contributed by atoms with Crippen molar-refractivity contribution >= 4 is 80.5 Å². The molecule has 35 heavy (non-hydrogen) atoms. The first-order valence-corrected chi connectivity index (χ1v) is 12.9. The van der Waals surface area contributed by atoms with E-state index in [0.29, 0.717) is 41.9 Å². The third kappa shape index (κ3) is 7.39. The van der Waals surface area contributed by atoms with Crippen LogP contribution in [0, 0.1) is 0 Å². The van der Waals surface area contributed by atoms with Gasteiger partial charge in [0, 0.05) is 29.1 Å². The third-order valence-corrected chi connectivity index (χ3v) is 7.28. The first-order valence-electron chi connectivity index (χ1n) is 9.95. The van der Waals surface area contributed by atoms with Crippen molar-refractivity contribution in [3.8, 4) is 11.4 Å². The smallest absolute Gasteiger partial charge is 0.234 e. The van der Waals surface area contributed by atoms with Crippen molar-refractivity contribution in [1.29, 1.82) is 0 Å². The van der Waals surface area contributed by atoms with Crippen LogP contribution in [0.1, 0.15) is 12.3 Å². The first kappa shape index (κ1) is 25.4. The van der Waals surface area contributed by atoms with Gasteiger partial charge < -0.3 is 15.2 Å². The Labute approximate surface area is 222 Å². The number of carbonyl (C=O) groups is 2. The fourth-order valence-electron chi connectivity index (χ4n) is 2.69. The second-order valence-electron chi connectivity index (χ2n) is 6.91. The molecule has 2 heterocycles. The minimum absolute atomic E-state index is 0.107. The van der Waals surface area contributed by atoms with Gasteiger partial charge in [0.1, 0.15) is 0 Å². The Hall–Kier alpha value is -2.70. The highest BCUT2D eigenvalue weighted by molar-refractivity contribution is 8.01. The van der Waals surface area contributed by atoms with E-state index in [-0.39, 0.29) is 30.4 Å². The molecule has 0 fully saturated rings. The standard InChI is InChI=1S/C21H15Cl3N6O3S2/c22-12-3-1-11(2-4-12)19-27-18(33-30-19)8-7-16(31)26-20-28-29-21(35-20)34-10-17(32)25-13-5-6-14(23)15(24)9-13/h1-6,9H,7-8,10H2,(H,25,32)(H,26,28,31). The van der Waals surface area contributed by atoms with Crippen molar-refractivity contribution in [2.45, 2.75) is 17.2 Å². The maximum Gasteiger partial charge on any atom is 0.234 e. The van der Waals surface area contributed by atoms with Gasteiger partial charge in [-0.15, -0.1) is 10.2 Å². The highest BCUT2D eigenvalue weighted by atomic mass is 35.5. The molecule has 0 aliphatic carbocycles. The normalized spacial score (nSPS) is 10.8. The lowest BCUT2D eigenvalue weighted by molar-refractivity contribution is -0.116. The topological polar surface area (TPSA) is 123 Å². The number of nitrogens with one attached hydrogen (secondary N) is 2. The number of rotatable bonds is 9. The highest BCUT2D eigenvalue weighted by Gasteiger charge is 2.14. The number of carbonyl (C=O) groups excluding carboxylic acids is 2. The molecule has 9 nitrogen and oxygen atoms in total. The van der Waals surface area contributed by atoms with Crippen molar-refractivity contribution < 1.29 is 14.1 Å². The summed E-state index contributed by atoms with van der Waals surface area (Å²) in [6, 6.07) is 11.9. The Balaban J connectivity index is 1.21. The number of aromatic nitrogens is 4. The summed E-state index contributed by atoms with van der Waals surface area (Å²) in [4.78, 5) is 28.7. The summed E-state index contributed by atoms with van der Waals surface area (Å²) in [6.45, 7) is 0. The molecule has 2 aromatic heterocycles. The first-order chi connectivity index (χ1) is 16.9. The Morgan fingerprint density at radius 2 is 1.77 bits per heavy atom. The molecular formula is C21H15Cl3N6O3S2. The number of halogens is 3. The molecule has 0 bridgehead atoms. The molecule has 0 atom stereocenters. The average molecular weight is 570 g/mol. The monoisotopic (exact) mass is 568 g/mol. The number of anilines is 2. The number of nitrogens with zero attached hydrogens (tertiary/aromatic N) is 4. The molecule has 0 radical (unpaired) electrons. The Kier molecular flexibility index (Phi) is 8.58. The number of thioether (sulfide) groups is 1. The number of aryl methyl sites for hydroxylation is 1. The van der Waals surface area contributed by atoms with Gasteiger partial charge in [0.05, 0.1) is 15.8 Å². The molecule has 0 saturated heterocycles. The quantitative estimate of drug-likeness (QED) is 0.190. The van der Waals surface area contributed by atoms with Crippen molar-refractivity contribution in [3.05, 3.63) is 63.4 Å². The molecule has 0 aliphatic rings. The van der Waals surface area contributed by atoms with Crippen LogP contribution in [-0.2, 0) is 16.0 Å². The summed E-state index contributed by atoms with van der Waals surface area (Å²) in [6.07, 6.45) is 0.387. The van der Waals surface area contributed by atoms with Crippen LogP contribution in [-0.4, -0.2) is 37.9 Å². The summed E-state index contributed by atoms with van der Waals surface area (Å²) < 4.78 is 5.74. The van der Waals surface area contributed by atoms with E-state index in [1.807, 2.05) is 0 Å². The van der Waals surface area contributed by atoms with Crippen molar-refractivity contribution in [1.82, 2.24) is 20.3 Å². The van der Waals surface area contributed by atoms with Crippen molar-refractivity contribution in [3.63, 3.8) is 0 Å². The highest BCUT2D eigenvalue weighted by Crippen LogP contribution is 2.27. The van der Waals surface area contributed by atoms with Crippen LogP contribution in [0.3, 0.4) is 0 Å². The maximum atomic E-state index is 12.3. The second-order valence-corrected chi connectivity index (χ2v) is 10.4. The van der Waals surface area contributed by atoms with Gasteiger partial charge in [-0.3, -0.25) is 9.59 Å². The molecule has 4 rings (SSSR count). The third-order valence-electron chi connectivity index (χ3n) is 4.32. The molecule has 0 saturated carbocycles. The summed E-state index contributed by atoms with van der Waals surface area (Å²) in [5.41, 5.74) is 1.30. The molecular weight excluding hydrogens is 555 g/mol. The van der Waals surface area contributed by atoms with E-state index in [1.54, 1.807) is 42.5 Å². The fourth-order valence-corrected chi connectivity index (χ4v) is 4.68. The molecule has 0 spiro atoms. The van der Waals surface area contributed by atoms with E-state index in [1.165, 1.54) is 23.1 Å². The van der Waals surface area contributed by atoms with Crippen LogP contribution < -0.4 is 10.6 Å². The van der Waals surface area contributed by atoms with Gasteiger partial charge in [-0.2, -0.15) is 4.98 Å². The Morgan fingerprint density at radius 1 is 0.971 bits per heavy atom. The van der Waals surface area contributed by atoms with E-state index in [0.717, 1.165) is 5.56 Å². The molecule has 2 amide bonds. The number of hydrogen-bond acceptors (Lipinski definition) is 9. The van der Waals surface area contributed by atoms with Crippen LogP contribution in [0.2, 0.25) is 15.1 Å². The van der Waals surface area contributed by atoms with Crippen LogP contribution >= 0.6 is 57.9 Å². The van der Waals surface area contributed by atoms with E-state index in [9.17, 15) is 9.59 Å². The predicted molar refractivity (Wildman–Crippen MR) is 137 cm³/mol. The van der Waals surface area contributed by atoms with Crippen LogP contribution in [0.15, 0.2) is 51.3 Å². The van der Waals surface area contributed by atoms with E-state index < -0.39 is 0 Å². The molecule has 0 unspecified atom stereocenters. The zero-order valence-electron chi connectivity index (χ0n) is 17.6. The number of hydrogen-bond donors (Lipinski definition) is 2. The maximum absolute atomic E-state index is 12.3. The predicted octanol–water partition coefficient (Wildman–Crippen LogP) is 5.85. The molecule has 4 aromatic rings. The summed E-state index contributed by atoms with van der Waals surface area (Å²) in [7, 11) is 0. The van der Waals surface area contributed by atoms with Gasteiger partial charge in [0.25, 0.3) is 0 Å². The lowest BCUT2D eigenvalue weighted by Gasteiger charge is -2.05. The van der Waals surface area contributed by atoms with Gasteiger partial charge >= 0.3 is 0 Å². The van der Waals surface area contributed by atoms with E-state index >= 15 is 0 Å². The van der Waals surface area contributed by atoms with Crippen LogP contribution in [0.25, 0.3) is 11.4 Å². The Bertz CT molecular complexity index is 1350. The van der Waals surface area contributed by atoms with Gasteiger partial charge in [0.15, 0.2) is 4.34 Å². The van der Waals surface area contributed by atoms with Gasteiger partial charge in [-0.25, -0.2) is 0 Å². The van der Waals surface area contributed by atoms with Gasteiger partial charge in [0.2, 0.25) is 28.7 Å². The zero-order valence-corrected chi connectivity index (χ0v) is 21.5. The molecule has 2 aromatic carbocycles. The number of amides is 2. The largest absolute Gasteiger partial charge is 0.339 e. The summed E-state index contributed by atoms with van der Waals surface area (Å²) in [5.74, 6) is 0.348. The lowest BCUT2D eigenvalue weighted by Crippen LogP contribution is -2.13. The zero-order chi connectivity index (χ0) is 24.8. The minimum Gasteiger partial charge on any atom is -0.339 e. The summed E-state index contributed by atoms with van der Waals surface area (Å²) >= 11 is 20.1. The fraction of sp³-hybridized carbons (Fsp3) is 0.143. The minimum atomic E-state index is -0.277.